The summed E-state index contributed by atoms with van der Waals surface area (Å²) in [5.41, 5.74) is 5.62. The maximum absolute atomic E-state index is 11.7. The molecule has 1 rings (SSSR count). The molecule has 0 radical (unpaired) electrons. The first-order valence-electron chi connectivity index (χ1n) is 5.51. The minimum Gasteiger partial charge on any atom is -0.495 e. The fourth-order valence-electron chi connectivity index (χ4n) is 1.32. The fraction of sp³-hybridized carbons (Fsp3) is 0.364. The normalized spacial score (nSPS) is 12.8. The lowest BCUT2D eigenvalue weighted by molar-refractivity contribution is -0.119. The summed E-state index contributed by atoms with van der Waals surface area (Å²) in [5.74, 6) is -0.389. The highest BCUT2D eigenvalue weighted by Gasteiger charge is 2.16. The molecule has 0 aromatic heterocycles. The molecule has 19 heavy (non-hydrogen) atoms. The van der Waals surface area contributed by atoms with Crippen molar-refractivity contribution in [2.75, 3.05) is 19.0 Å². The van der Waals surface area contributed by atoms with Crippen LogP contribution in [0.3, 0.4) is 0 Å². The fourth-order valence-corrected chi connectivity index (χ4v) is 1.86. The lowest BCUT2D eigenvalue weighted by Crippen LogP contribution is -2.27. The van der Waals surface area contributed by atoms with Crippen LogP contribution in [0.1, 0.15) is 6.92 Å². The van der Waals surface area contributed by atoms with E-state index in [0.717, 1.165) is 0 Å². The van der Waals surface area contributed by atoms with Gasteiger partial charge in [0.05, 0.1) is 17.7 Å². The first kappa shape index (κ1) is 15.4. The van der Waals surface area contributed by atoms with E-state index >= 15 is 0 Å². The van der Waals surface area contributed by atoms with Crippen LogP contribution in [0.5, 0.6) is 5.75 Å². The maximum atomic E-state index is 11.7. The third kappa shape index (κ3) is 3.91. The molecule has 106 valence electrons. The number of carbonyl (C=O) groups excluding carboxylic acids is 1. The third-order valence-electron chi connectivity index (χ3n) is 2.56. The molecular formula is C11H17N3O4S. The Morgan fingerprint density at radius 2 is 2.11 bits per heavy atom. The van der Waals surface area contributed by atoms with Crippen LogP contribution in [-0.2, 0) is 14.8 Å². The van der Waals surface area contributed by atoms with Crippen molar-refractivity contribution in [1.29, 1.82) is 0 Å². The van der Waals surface area contributed by atoms with Gasteiger partial charge in [0, 0.05) is 12.5 Å². The third-order valence-corrected chi connectivity index (χ3v) is 3.47. The molecule has 0 aliphatic rings. The maximum Gasteiger partial charge on any atom is 0.238 e. The van der Waals surface area contributed by atoms with E-state index in [9.17, 15) is 13.2 Å². The van der Waals surface area contributed by atoms with Gasteiger partial charge in [-0.05, 0) is 18.2 Å². The number of hydrogen-bond acceptors (Lipinski definition) is 5. The van der Waals surface area contributed by atoms with E-state index in [4.69, 9.17) is 15.6 Å². The average Bonchev–Trinajstić information content (AvgIpc) is 2.36. The van der Waals surface area contributed by atoms with Gasteiger partial charge in [0.25, 0.3) is 0 Å². The van der Waals surface area contributed by atoms with E-state index in [1.165, 1.54) is 25.3 Å². The summed E-state index contributed by atoms with van der Waals surface area (Å²) in [4.78, 5) is 11.6. The standard InChI is InChI=1S/C11H17N3O4S/c1-7(6-12)11(15)14-9-5-8(19(13,16)17)3-4-10(9)18-2/h3-5,7H,6,12H2,1-2H3,(H,14,15)(H2,13,16,17). The Kier molecular flexibility index (Phi) is 4.87. The van der Waals surface area contributed by atoms with Crippen molar-refractivity contribution in [2.24, 2.45) is 16.8 Å². The summed E-state index contributed by atoms with van der Waals surface area (Å²) in [6, 6.07) is 3.97. The molecule has 0 fully saturated rings. The zero-order chi connectivity index (χ0) is 14.6. The van der Waals surface area contributed by atoms with E-state index in [1.54, 1.807) is 6.92 Å². The van der Waals surface area contributed by atoms with Crippen LogP contribution < -0.4 is 20.9 Å². The van der Waals surface area contributed by atoms with Gasteiger partial charge in [-0.1, -0.05) is 6.92 Å². The van der Waals surface area contributed by atoms with Gasteiger partial charge >= 0.3 is 0 Å². The molecule has 0 heterocycles. The Balaban J connectivity index is 3.14. The number of rotatable bonds is 5. The van der Waals surface area contributed by atoms with E-state index in [0.29, 0.717) is 5.75 Å². The monoisotopic (exact) mass is 287 g/mol. The number of primary sulfonamides is 1. The molecule has 1 atom stereocenters. The van der Waals surface area contributed by atoms with Crippen molar-refractivity contribution in [3.8, 4) is 5.75 Å². The van der Waals surface area contributed by atoms with E-state index in [1.807, 2.05) is 0 Å². The molecule has 0 saturated heterocycles. The zero-order valence-electron chi connectivity index (χ0n) is 10.7. The van der Waals surface area contributed by atoms with Gasteiger partial charge in [-0.25, -0.2) is 13.6 Å². The Bertz CT molecular complexity index is 571. The quantitative estimate of drug-likeness (QED) is 0.696. The summed E-state index contributed by atoms with van der Waals surface area (Å²) in [6.45, 7) is 1.84. The molecule has 7 nitrogen and oxygen atoms in total. The first-order chi connectivity index (χ1) is 8.79. The van der Waals surface area contributed by atoms with Crippen LogP contribution in [0.2, 0.25) is 0 Å². The predicted octanol–water partition coefficient (Wildman–Crippen LogP) is -0.124. The smallest absolute Gasteiger partial charge is 0.238 e. The first-order valence-corrected chi connectivity index (χ1v) is 7.06. The van der Waals surface area contributed by atoms with Gasteiger partial charge in [0.1, 0.15) is 5.75 Å². The van der Waals surface area contributed by atoms with Crippen molar-refractivity contribution in [2.45, 2.75) is 11.8 Å². The van der Waals surface area contributed by atoms with Crippen LogP contribution in [0.25, 0.3) is 0 Å². The number of hydrogen-bond donors (Lipinski definition) is 3. The van der Waals surface area contributed by atoms with Gasteiger partial charge < -0.3 is 15.8 Å². The number of nitrogens with two attached hydrogens (primary N) is 2. The summed E-state index contributed by atoms with van der Waals surface area (Å²) >= 11 is 0. The Morgan fingerprint density at radius 3 is 2.58 bits per heavy atom. The number of carbonyl (C=O) groups is 1. The number of sulfonamides is 1. The van der Waals surface area contributed by atoms with Gasteiger partial charge in [-0.15, -0.1) is 0 Å². The molecule has 0 aliphatic carbocycles. The molecule has 1 amide bonds. The Labute approximate surface area is 112 Å². The minimum absolute atomic E-state index is 0.107. The van der Waals surface area contributed by atoms with Crippen LogP contribution in [-0.4, -0.2) is 28.0 Å². The minimum atomic E-state index is -3.84. The topological polar surface area (TPSA) is 125 Å². The van der Waals surface area contributed by atoms with Crippen molar-refractivity contribution < 1.29 is 17.9 Å². The van der Waals surface area contributed by atoms with E-state index in [-0.39, 0.29) is 23.0 Å². The molecule has 1 unspecified atom stereocenters. The average molecular weight is 287 g/mol. The van der Waals surface area contributed by atoms with Crippen LogP contribution in [0.4, 0.5) is 5.69 Å². The van der Waals surface area contributed by atoms with Crippen molar-refractivity contribution in [1.82, 2.24) is 0 Å². The molecule has 0 saturated carbocycles. The number of benzene rings is 1. The highest BCUT2D eigenvalue weighted by molar-refractivity contribution is 7.89. The number of methoxy groups -OCH3 is 1. The van der Waals surface area contributed by atoms with E-state index < -0.39 is 15.9 Å². The lowest BCUT2D eigenvalue weighted by atomic mass is 10.1. The summed E-state index contributed by atoms with van der Waals surface area (Å²) in [5, 5.41) is 7.59. The number of anilines is 1. The largest absolute Gasteiger partial charge is 0.495 e. The van der Waals surface area contributed by atoms with Gasteiger partial charge in [-0.2, -0.15) is 0 Å². The van der Waals surface area contributed by atoms with Crippen LogP contribution in [0, 0.1) is 5.92 Å². The van der Waals surface area contributed by atoms with Crippen molar-refractivity contribution in [3.05, 3.63) is 18.2 Å². The summed E-state index contributed by atoms with van der Waals surface area (Å²) in [7, 11) is -2.43. The van der Waals surface area contributed by atoms with Crippen molar-refractivity contribution in [3.63, 3.8) is 0 Å². The zero-order valence-corrected chi connectivity index (χ0v) is 11.5. The molecule has 8 heteroatoms. The van der Waals surface area contributed by atoms with Gasteiger partial charge in [0.2, 0.25) is 15.9 Å². The van der Waals surface area contributed by atoms with Crippen molar-refractivity contribution >= 4 is 21.6 Å². The molecule has 1 aromatic carbocycles. The predicted molar refractivity (Wildman–Crippen MR) is 71.2 cm³/mol. The number of nitrogens with one attached hydrogen (secondary N) is 1. The number of ether oxygens (including phenoxy) is 1. The molecule has 1 aromatic rings. The van der Waals surface area contributed by atoms with Gasteiger partial charge in [-0.3, -0.25) is 4.79 Å². The summed E-state index contributed by atoms with van der Waals surface area (Å²) in [6.07, 6.45) is 0. The Morgan fingerprint density at radius 1 is 1.47 bits per heavy atom. The molecule has 0 spiro atoms. The van der Waals surface area contributed by atoms with Crippen LogP contribution in [0.15, 0.2) is 23.1 Å². The highest BCUT2D eigenvalue weighted by Crippen LogP contribution is 2.27. The Hall–Kier alpha value is -1.64. The molecule has 0 aliphatic heterocycles. The van der Waals surface area contributed by atoms with Gasteiger partial charge in [0.15, 0.2) is 0 Å². The second kappa shape index (κ2) is 6.00. The van der Waals surface area contributed by atoms with Crippen LogP contribution >= 0.6 is 0 Å². The molecular weight excluding hydrogens is 270 g/mol. The summed E-state index contributed by atoms with van der Waals surface area (Å²) < 4.78 is 27.6. The second-order valence-corrected chi connectivity index (χ2v) is 5.59. The lowest BCUT2D eigenvalue weighted by Gasteiger charge is -2.14. The highest BCUT2D eigenvalue weighted by atomic mass is 32.2. The van der Waals surface area contributed by atoms with E-state index in [2.05, 4.69) is 5.32 Å². The second-order valence-electron chi connectivity index (χ2n) is 4.03. The SMILES string of the molecule is COc1ccc(S(N)(=O)=O)cc1NC(=O)C(C)CN. The number of amides is 1. The molecule has 5 N–H and O–H groups in total. The molecule has 0 bridgehead atoms.